The van der Waals surface area contributed by atoms with Gasteiger partial charge in [-0.1, -0.05) is 30.0 Å². The molecule has 0 amide bonds. The van der Waals surface area contributed by atoms with E-state index in [0.717, 1.165) is 5.56 Å². The number of nitrogens with two attached hydrogens (primary N) is 1. The molecule has 0 radical (unpaired) electrons. The molecule has 0 aliphatic rings. The largest absolute Gasteiger partial charge is 0.384 e. The number of halogens is 1. The maximum absolute atomic E-state index is 7.29. The first kappa shape index (κ1) is 9.63. The number of hydrogen-bond acceptors (Lipinski definition) is 1. The number of nitrogens with one attached hydrogen (secondary N) is 1. The van der Waals surface area contributed by atoms with Crippen molar-refractivity contribution in [3.05, 3.63) is 35.4 Å². The van der Waals surface area contributed by atoms with Crippen LogP contribution in [0.2, 0.25) is 0 Å². The maximum Gasteiger partial charge on any atom is 0.124 e. The Morgan fingerprint density at radius 1 is 1.46 bits per heavy atom. The summed E-state index contributed by atoms with van der Waals surface area (Å²) in [5.41, 5.74) is 6.77. The summed E-state index contributed by atoms with van der Waals surface area (Å²) in [6, 6.07) is 7.25. The standard InChI is InChI=1S/C10H9ClN2/c11-7-3-5-8-4-1-2-6-9(8)10(12)13/h1-2,4,6H,7H2,(H3,12,13). The van der Waals surface area contributed by atoms with Gasteiger partial charge in [0.15, 0.2) is 0 Å². The second-order valence-electron chi connectivity index (χ2n) is 2.39. The van der Waals surface area contributed by atoms with Gasteiger partial charge in [0, 0.05) is 11.1 Å². The van der Waals surface area contributed by atoms with E-state index in [1.807, 2.05) is 18.2 Å². The summed E-state index contributed by atoms with van der Waals surface area (Å²) in [6.45, 7) is 0. The molecule has 0 aliphatic heterocycles. The van der Waals surface area contributed by atoms with Crippen molar-refractivity contribution in [2.75, 3.05) is 5.88 Å². The van der Waals surface area contributed by atoms with Gasteiger partial charge in [-0.2, -0.15) is 0 Å². The topological polar surface area (TPSA) is 49.9 Å². The lowest BCUT2D eigenvalue weighted by Gasteiger charge is -2.00. The van der Waals surface area contributed by atoms with Crippen LogP contribution in [0.4, 0.5) is 0 Å². The molecule has 0 unspecified atom stereocenters. The summed E-state index contributed by atoms with van der Waals surface area (Å²) < 4.78 is 0. The minimum atomic E-state index is 0.0273. The van der Waals surface area contributed by atoms with Crippen LogP contribution < -0.4 is 5.73 Å². The van der Waals surface area contributed by atoms with Gasteiger partial charge in [-0.05, 0) is 6.07 Å². The highest BCUT2D eigenvalue weighted by Crippen LogP contribution is 2.05. The van der Waals surface area contributed by atoms with Crippen molar-refractivity contribution in [2.45, 2.75) is 0 Å². The zero-order valence-corrected chi connectivity index (χ0v) is 7.73. The smallest absolute Gasteiger partial charge is 0.124 e. The molecule has 1 aromatic rings. The summed E-state index contributed by atoms with van der Waals surface area (Å²) in [4.78, 5) is 0. The molecule has 66 valence electrons. The Hall–Kier alpha value is -1.46. The Morgan fingerprint density at radius 2 is 2.15 bits per heavy atom. The van der Waals surface area contributed by atoms with Crippen molar-refractivity contribution in [2.24, 2.45) is 5.73 Å². The molecule has 2 nitrogen and oxygen atoms in total. The van der Waals surface area contributed by atoms with Crippen LogP contribution in [0.15, 0.2) is 24.3 Å². The maximum atomic E-state index is 7.29. The first-order chi connectivity index (χ1) is 6.25. The van der Waals surface area contributed by atoms with E-state index in [2.05, 4.69) is 11.8 Å². The first-order valence-electron chi connectivity index (χ1n) is 3.74. The van der Waals surface area contributed by atoms with Crippen molar-refractivity contribution in [1.82, 2.24) is 0 Å². The molecule has 0 bridgehead atoms. The van der Waals surface area contributed by atoms with Crippen LogP contribution in [0, 0.1) is 17.3 Å². The second kappa shape index (κ2) is 4.54. The number of hydrogen-bond donors (Lipinski definition) is 2. The molecule has 0 aromatic heterocycles. The van der Waals surface area contributed by atoms with E-state index in [-0.39, 0.29) is 11.7 Å². The SMILES string of the molecule is N=C(N)c1ccccc1C#CCCl. The molecule has 0 atom stereocenters. The molecule has 0 aliphatic carbocycles. The third kappa shape index (κ3) is 2.50. The van der Waals surface area contributed by atoms with Crippen LogP contribution in [-0.2, 0) is 0 Å². The summed E-state index contributed by atoms with van der Waals surface area (Å²) >= 11 is 5.42. The van der Waals surface area contributed by atoms with Gasteiger partial charge < -0.3 is 5.73 Å². The number of amidine groups is 1. The molecule has 3 N–H and O–H groups in total. The lowest BCUT2D eigenvalue weighted by atomic mass is 10.1. The van der Waals surface area contributed by atoms with Crippen molar-refractivity contribution < 1.29 is 0 Å². The monoisotopic (exact) mass is 192 g/mol. The molecule has 1 rings (SSSR count). The Morgan fingerprint density at radius 3 is 2.77 bits per heavy atom. The molecule has 0 fully saturated rings. The first-order valence-corrected chi connectivity index (χ1v) is 4.27. The van der Waals surface area contributed by atoms with Gasteiger partial charge in [-0.25, -0.2) is 0 Å². The summed E-state index contributed by atoms with van der Waals surface area (Å²) in [5, 5.41) is 7.29. The number of alkyl halides is 1. The Bertz CT molecular complexity index is 374. The van der Waals surface area contributed by atoms with E-state index in [9.17, 15) is 0 Å². The normalized spacial score (nSPS) is 8.69. The fourth-order valence-corrected chi connectivity index (χ4v) is 1.02. The average Bonchev–Trinajstić information content (AvgIpc) is 2.15. The fourth-order valence-electron chi connectivity index (χ4n) is 0.956. The second-order valence-corrected chi connectivity index (χ2v) is 2.66. The highest BCUT2D eigenvalue weighted by Gasteiger charge is 2.00. The summed E-state index contributed by atoms with van der Waals surface area (Å²) in [5.74, 6) is 5.88. The zero-order chi connectivity index (χ0) is 9.68. The minimum Gasteiger partial charge on any atom is -0.384 e. The van der Waals surface area contributed by atoms with E-state index in [0.29, 0.717) is 5.56 Å². The van der Waals surface area contributed by atoms with Crippen LogP contribution in [0.1, 0.15) is 11.1 Å². The van der Waals surface area contributed by atoms with Gasteiger partial charge >= 0.3 is 0 Å². The van der Waals surface area contributed by atoms with Crippen molar-refractivity contribution in [1.29, 1.82) is 5.41 Å². The molecule has 0 heterocycles. The van der Waals surface area contributed by atoms with E-state index < -0.39 is 0 Å². The highest BCUT2D eigenvalue weighted by atomic mass is 35.5. The summed E-state index contributed by atoms with van der Waals surface area (Å²) in [6.07, 6.45) is 0. The fraction of sp³-hybridized carbons (Fsp3) is 0.100. The van der Waals surface area contributed by atoms with Gasteiger partial charge in [-0.15, -0.1) is 11.6 Å². The molecule has 0 spiro atoms. The van der Waals surface area contributed by atoms with Crippen LogP contribution in [0.5, 0.6) is 0 Å². The average molecular weight is 193 g/mol. The van der Waals surface area contributed by atoms with Gasteiger partial charge in [0.2, 0.25) is 0 Å². The Balaban J connectivity index is 3.12. The molecule has 0 saturated carbocycles. The predicted molar refractivity (Wildman–Crippen MR) is 55.1 cm³/mol. The van der Waals surface area contributed by atoms with Crippen LogP contribution >= 0.6 is 11.6 Å². The van der Waals surface area contributed by atoms with Crippen molar-refractivity contribution in [3.8, 4) is 11.8 Å². The molecule has 0 saturated heterocycles. The number of rotatable bonds is 1. The lowest BCUT2D eigenvalue weighted by molar-refractivity contribution is 1.41. The number of benzene rings is 1. The lowest BCUT2D eigenvalue weighted by Crippen LogP contribution is -2.12. The van der Waals surface area contributed by atoms with Gasteiger partial charge in [0.05, 0.1) is 5.88 Å². The van der Waals surface area contributed by atoms with Gasteiger partial charge in [-0.3, -0.25) is 5.41 Å². The Kier molecular flexibility index (Phi) is 3.36. The van der Waals surface area contributed by atoms with E-state index in [1.165, 1.54) is 0 Å². The molecular weight excluding hydrogens is 184 g/mol. The zero-order valence-electron chi connectivity index (χ0n) is 6.97. The molecule has 13 heavy (non-hydrogen) atoms. The summed E-state index contributed by atoms with van der Waals surface area (Å²) in [7, 11) is 0. The van der Waals surface area contributed by atoms with Gasteiger partial charge in [0.1, 0.15) is 5.84 Å². The van der Waals surface area contributed by atoms with Crippen LogP contribution in [0.25, 0.3) is 0 Å². The predicted octanol–water partition coefficient (Wildman–Crippen LogP) is 1.56. The third-order valence-corrected chi connectivity index (χ3v) is 1.64. The van der Waals surface area contributed by atoms with E-state index in [4.69, 9.17) is 22.7 Å². The van der Waals surface area contributed by atoms with Crippen molar-refractivity contribution >= 4 is 17.4 Å². The van der Waals surface area contributed by atoms with Crippen LogP contribution in [-0.4, -0.2) is 11.7 Å². The number of nitrogen functional groups attached to an aromatic ring is 1. The Labute approximate surface area is 82.2 Å². The highest BCUT2D eigenvalue weighted by molar-refractivity contribution is 6.19. The van der Waals surface area contributed by atoms with Gasteiger partial charge in [0.25, 0.3) is 0 Å². The van der Waals surface area contributed by atoms with Crippen LogP contribution in [0.3, 0.4) is 0 Å². The molecule has 3 heteroatoms. The molecule has 1 aromatic carbocycles. The van der Waals surface area contributed by atoms with Crippen molar-refractivity contribution in [3.63, 3.8) is 0 Å². The van der Waals surface area contributed by atoms with E-state index >= 15 is 0 Å². The van der Waals surface area contributed by atoms with E-state index in [1.54, 1.807) is 6.07 Å². The molecular formula is C10H9ClN2. The third-order valence-electron chi connectivity index (χ3n) is 1.51. The quantitative estimate of drug-likeness (QED) is 0.302. The minimum absolute atomic E-state index is 0.0273.